The number of halogens is 1. The van der Waals surface area contributed by atoms with Gasteiger partial charge in [-0.25, -0.2) is 0 Å². The summed E-state index contributed by atoms with van der Waals surface area (Å²) in [7, 11) is 0. The molecule has 0 N–H and O–H groups in total. The highest BCUT2D eigenvalue weighted by molar-refractivity contribution is 9.10. The molecule has 1 aliphatic carbocycles. The first-order valence-electron chi connectivity index (χ1n) is 5.84. The number of allylic oxidation sites excluding steroid dienone is 1. The molecule has 2 rings (SSSR count). The normalized spacial score (nSPS) is 13.9. The van der Waals surface area contributed by atoms with Crippen molar-refractivity contribution in [3.63, 3.8) is 0 Å². The number of hydrogen-bond donors (Lipinski definition) is 0. The molecule has 2 nitrogen and oxygen atoms in total. The predicted octanol–water partition coefficient (Wildman–Crippen LogP) is 3.73. The van der Waals surface area contributed by atoms with Gasteiger partial charge in [-0.05, 0) is 42.5 Å². The van der Waals surface area contributed by atoms with Crippen LogP contribution in [0.25, 0.3) is 5.57 Å². The van der Waals surface area contributed by atoms with Crippen molar-refractivity contribution in [3.8, 4) is 0 Å². The van der Waals surface area contributed by atoms with E-state index in [4.69, 9.17) is 4.74 Å². The summed E-state index contributed by atoms with van der Waals surface area (Å²) in [4.78, 5) is 11.5. The Kier molecular flexibility index (Phi) is 4.00. The molecule has 0 aliphatic heterocycles. The Labute approximate surface area is 110 Å². The van der Waals surface area contributed by atoms with Gasteiger partial charge in [0.1, 0.15) is 0 Å². The number of rotatable bonds is 3. The summed E-state index contributed by atoms with van der Waals surface area (Å²) in [5, 5.41) is 0. The molecule has 1 aromatic carbocycles. The van der Waals surface area contributed by atoms with Crippen LogP contribution in [0.4, 0.5) is 0 Å². The lowest BCUT2D eigenvalue weighted by atomic mass is 9.89. The molecule has 0 fully saturated rings. The Balaban J connectivity index is 2.24. The van der Waals surface area contributed by atoms with E-state index >= 15 is 0 Å². The van der Waals surface area contributed by atoms with Gasteiger partial charge in [0, 0.05) is 4.47 Å². The molecule has 0 bridgehead atoms. The lowest BCUT2D eigenvalue weighted by Crippen LogP contribution is -2.08. The monoisotopic (exact) mass is 294 g/mol. The summed E-state index contributed by atoms with van der Waals surface area (Å²) >= 11 is 3.56. The van der Waals surface area contributed by atoms with E-state index in [1.165, 1.54) is 11.1 Å². The molecule has 17 heavy (non-hydrogen) atoms. The average molecular weight is 295 g/mol. The van der Waals surface area contributed by atoms with Gasteiger partial charge in [0.25, 0.3) is 0 Å². The third-order valence-electron chi connectivity index (χ3n) is 2.89. The summed E-state index contributed by atoms with van der Waals surface area (Å²) in [5.41, 5.74) is 3.57. The smallest absolute Gasteiger partial charge is 0.310 e. The number of carbonyl (C=O) groups excluding carboxylic acids is 1. The number of carbonyl (C=O) groups is 1. The zero-order valence-corrected chi connectivity index (χ0v) is 11.4. The van der Waals surface area contributed by atoms with Crippen molar-refractivity contribution < 1.29 is 9.53 Å². The van der Waals surface area contributed by atoms with Crippen LogP contribution in [0.15, 0.2) is 28.7 Å². The second kappa shape index (κ2) is 5.50. The van der Waals surface area contributed by atoms with Crippen LogP contribution >= 0.6 is 15.9 Å². The minimum Gasteiger partial charge on any atom is -0.466 e. The van der Waals surface area contributed by atoms with Crippen LogP contribution < -0.4 is 0 Å². The van der Waals surface area contributed by atoms with Crippen molar-refractivity contribution >= 4 is 27.5 Å². The number of ether oxygens (including phenoxy) is 1. The Morgan fingerprint density at radius 1 is 1.47 bits per heavy atom. The van der Waals surface area contributed by atoms with Crippen molar-refractivity contribution in [2.45, 2.75) is 26.2 Å². The Morgan fingerprint density at radius 2 is 2.29 bits per heavy atom. The van der Waals surface area contributed by atoms with E-state index in [9.17, 15) is 4.79 Å². The van der Waals surface area contributed by atoms with E-state index in [1.54, 1.807) is 0 Å². The van der Waals surface area contributed by atoms with Gasteiger partial charge >= 0.3 is 5.97 Å². The third kappa shape index (κ3) is 2.78. The molecular formula is C14H15BrO2. The van der Waals surface area contributed by atoms with Crippen LogP contribution in [-0.4, -0.2) is 12.6 Å². The van der Waals surface area contributed by atoms with E-state index in [2.05, 4.69) is 28.1 Å². The maximum Gasteiger partial charge on any atom is 0.310 e. The minimum atomic E-state index is -0.147. The Morgan fingerprint density at radius 3 is 3.06 bits per heavy atom. The first-order chi connectivity index (χ1) is 8.22. The lowest BCUT2D eigenvalue weighted by molar-refractivity contribution is -0.141. The highest BCUT2D eigenvalue weighted by Gasteiger charge is 2.17. The van der Waals surface area contributed by atoms with Gasteiger partial charge in [0.05, 0.1) is 13.0 Å². The molecule has 0 saturated heterocycles. The van der Waals surface area contributed by atoms with Gasteiger partial charge in [0.2, 0.25) is 0 Å². The summed E-state index contributed by atoms with van der Waals surface area (Å²) in [5.74, 6) is -0.147. The molecule has 3 heteroatoms. The maximum absolute atomic E-state index is 11.5. The fourth-order valence-corrected chi connectivity index (χ4v) is 2.71. The number of benzene rings is 1. The highest BCUT2D eigenvalue weighted by atomic mass is 79.9. The van der Waals surface area contributed by atoms with Gasteiger partial charge in [-0.1, -0.05) is 34.1 Å². The zero-order chi connectivity index (χ0) is 12.3. The second-order valence-electron chi connectivity index (χ2n) is 4.02. The summed E-state index contributed by atoms with van der Waals surface area (Å²) in [6.07, 6.45) is 4.54. The molecule has 0 radical (unpaired) electrons. The number of esters is 1. The molecule has 0 spiro atoms. The predicted molar refractivity (Wildman–Crippen MR) is 71.7 cm³/mol. The number of hydrogen-bond acceptors (Lipinski definition) is 2. The molecule has 0 aromatic heterocycles. The largest absolute Gasteiger partial charge is 0.466 e. The van der Waals surface area contributed by atoms with Gasteiger partial charge in [0.15, 0.2) is 0 Å². The Bertz CT molecular complexity index is 463. The summed E-state index contributed by atoms with van der Waals surface area (Å²) in [6, 6.07) is 6.13. The van der Waals surface area contributed by atoms with Crippen molar-refractivity contribution in [1.82, 2.24) is 0 Å². The average Bonchev–Trinajstić information content (AvgIpc) is 2.31. The van der Waals surface area contributed by atoms with Crippen LogP contribution in [0, 0.1) is 0 Å². The van der Waals surface area contributed by atoms with E-state index < -0.39 is 0 Å². The third-order valence-corrected chi connectivity index (χ3v) is 3.63. The fraction of sp³-hybridized carbons (Fsp3) is 0.357. The Hall–Kier alpha value is -1.09. The van der Waals surface area contributed by atoms with Crippen LogP contribution in [0.1, 0.15) is 30.9 Å². The van der Waals surface area contributed by atoms with E-state index in [0.717, 1.165) is 22.9 Å². The van der Waals surface area contributed by atoms with Gasteiger partial charge in [-0.3, -0.25) is 4.79 Å². The molecule has 1 aromatic rings. The fourth-order valence-electron chi connectivity index (χ4n) is 2.15. The topological polar surface area (TPSA) is 26.3 Å². The van der Waals surface area contributed by atoms with Gasteiger partial charge in [-0.2, -0.15) is 0 Å². The number of fused-ring (bicyclic) bond motifs is 1. The van der Waals surface area contributed by atoms with Crippen molar-refractivity contribution in [2.75, 3.05) is 6.61 Å². The second-order valence-corrected chi connectivity index (χ2v) is 4.87. The summed E-state index contributed by atoms with van der Waals surface area (Å²) in [6.45, 7) is 2.27. The zero-order valence-electron chi connectivity index (χ0n) is 9.83. The van der Waals surface area contributed by atoms with E-state index in [1.807, 2.05) is 19.1 Å². The van der Waals surface area contributed by atoms with Gasteiger partial charge < -0.3 is 4.74 Å². The van der Waals surface area contributed by atoms with Crippen molar-refractivity contribution in [2.24, 2.45) is 0 Å². The quantitative estimate of drug-likeness (QED) is 0.794. The first-order valence-corrected chi connectivity index (χ1v) is 6.64. The van der Waals surface area contributed by atoms with Crippen molar-refractivity contribution in [3.05, 3.63) is 39.9 Å². The molecule has 0 saturated carbocycles. The lowest BCUT2D eigenvalue weighted by Gasteiger charge is -2.18. The molecule has 0 unspecified atom stereocenters. The van der Waals surface area contributed by atoms with E-state index in [-0.39, 0.29) is 5.97 Å². The van der Waals surface area contributed by atoms with Crippen LogP contribution in [0.5, 0.6) is 0 Å². The molecule has 0 atom stereocenters. The SMILES string of the molecule is CCOC(=O)CC1=CCCc2c(Br)cccc21. The van der Waals surface area contributed by atoms with E-state index in [0.29, 0.717) is 13.0 Å². The molecule has 90 valence electrons. The molecular weight excluding hydrogens is 280 g/mol. The molecule has 1 aliphatic rings. The van der Waals surface area contributed by atoms with Gasteiger partial charge in [-0.15, -0.1) is 0 Å². The van der Waals surface area contributed by atoms with Crippen LogP contribution in [0.2, 0.25) is 0 Å². The molecule has 0 amide bonds. The standard InChI is InChI=1S/C14H15BrO2/c1-2-17-14(16)9-10-5-3-7-12-11(10)6-4-8-13(12)15/h4-6,8H,2-3,7,9H2,1H3. The summed E-state index contributed by atoms with van der Waals surface area (Å²) < 4.78 is 6.13. The first kappa shape index (κ1) is 12.4. The minimum absolute atomic E-state index is 0.147. The highest BCUT2D eigenvalue weighted by Crippen LogP contribution is 2.33. The van der Waals surface area contributed by atoms with Crippen molar-refractivity contribution in [1.29, 1.82) is 0 Å². The van der Waals surface area contributed by atoms with Crippen LogP contribution in [0.3, 0.4) is 0 Å². The molecule has 0 heterocycles. The van der Waals surface area contributed by atoms with Crippen LogP contribution in [-0.2, 0) is 16.0 Å². The maximum atomic E-state index is 11.5.